The Morgan fingerprint density at radius 3 is 2.53 bits per heavy atom. The van der Waals surface area contributed by atoms with E-state index in [0.29, 0.717) is 18.1 Å². The molecule has 2 rings (SSSR count). The van der Waals surface area contributed by atoms with Crippen molar-refractivity contribution in [1.29, 1.82) is 0 Å². The smallest absolute Gasteiger partial charge is 0.489 e. The molecule has 5 heteroatoms. The lowest BCUT2D eigenvalue weighted by atomic mass is 9.86. The molecule has 0 amide bonds. The topological polar surface area (TPSA) is 18.5 Å². The molecule has 1 aromatic rings. The van der Waals surface area contributed by atoms with Gasteiger partial charge in [0.2, 0.25) is 0 Å². The summed E-state index contributed by atoms with van der Waals surface area (Å²) in [4.78, 5) is 0. The molecule has 0 heterocycles. The van der Waals surface area contributed by atoms with E-state index >= 15 is 0 Å². The predicted molar refractivity (Wildman–Crippen MR) is 66.1 cm³/mol. The Balaban J connectivity index is 2.12. The van der Waals surface area contributed by atoms with E-state index < -0.39 is 6.36 Å². The monoisotopic (exact) mass is 272 g/mol. The Hall–Kier alpha value is -1.65. The summed E-state index contributed by atoms with van der Waals surface area (Å²) in [5.41, 5.74) is 0.551. The van der Waals surface area contributed by atoms with Crippen LogP contribution < -0.4 is 9.47 Å². The number of ether oxygens (including phenoxy) is 2. The third kappa shape index (κ3) is 3.91. The minimum Gasteiger partial charge on any atom is -0.489 e. The molecule has 0 saturated heterocycles. The number of halogens is 3. The Labute approximate surface area is 109 Å². The van der Waals surface area contributed by atoms with E-state index in [-0.39, 0.29) is 11.5 Å². The Kier molecular flexibility index (Phi) is 4.02. The number of hydrogen-bond donors (Lipinski definition) is 0. The molecule has 0 radical (unpaired) electrons. The van der Waals surface area contributed by atoms with Crippen LogP contribution in [0.2, 0.25) is 0 Å². The number of hydrogen-bond acceptors (Lipinski definition) is 2. The first kappa shape index (κ1) is 13.8. The molecule has 0 spiro atoms. The van der Waals surface area contributed by atoms with E-state index in [1.165, 1.54) is 18.2 Å². The maximum Gasteiger partial charge on any atom is 0.573 e. The zero-order chi connectivity index (χ0) is 13.9. The average molecular weight is 272 g/mol. The third-order valence-electron chi connectivity index (χ3n) is 3.13. The molecule has 2 nitrogen and oxygen atoms in total. The molecular formula is C14H15F3O2. The van der Waals surface area contributed by atoms with Crippen LogP contribution in [-0.4, -0.2) is 13.0 Å². The Morgan fingerprint density at radius 1 is 1.26 bits per heavy atom. The van der Waals surface area contributed by atoms with Gasteiger partial charge in [0.25, 0.3) is 0 Å². The van der Waals surface area contributed by atoms with Gasteiger partial charge in [-0.1, -0.05) is 25.1 Å². The van der Waals surface area contributed by atoms with Crippen molar-refractivity contribution in [2.24, 2.45) is 5.92 Å². The second-order valence-electron chi connectivity index (χ2n) is 4.57. The maximum atomic E-state index is 12.3. The second-order valence-corrected chi connectivity index (χ2v) is 4.57. The van der Waals surface area contributed by atoms with Gasteiger partial charge in [-0.15, -0.1) is 13.2 Å². The largest absolute Gasteiger partial charge is 0.573 e. The molecule has 1 aliphatic carbocycles. The highest BCUT2D eigenvalue weighted by atomic mass is 19.4. The molecule has 0 N–H and O–H groups in total. The van der Waals surface area contributed by atoms with Crippen LogP contribution in [0.3, 0.4) is 0 Å². The van der Waals surface area contributed by atoms with Crippen LogP contribution >= 0.6 is 0 Å². The summed E-state index contributed by atoms with van der Waals surface area (Å²) in [7, 11) is 0. The lowest BCUT2D eigenvalue weighted by molar-refractivity contribution is -0.275. The molecule has 104 valence electrons. The minimum absolute atomic E-state index is 0.120. The van der Waals surface area contributed by atoms with Crippen LogP contribution in [0.4, 0.5) is 13.2 Å². The van der Waals surface area contributed by atoms with Crippen molar-refractivity contribution >= 4 is 6.08 Å². The van der Waals surface area contributed by atoms with E-state index in [9.17, 15) is 13.2 Å². The highest BCUT2D eigenvalue weighted by molar-refractivity contribution is 5.54. The molecule has 0 bridgehead atoms. The molecule has 1 aliphatic rings. The minimum atomic E-state index is -4.73. The molecule has 1 aromatic carbocycles. The van der Waals surface area contributed by atoms with E-state index in [0.717, 1.165) is 19.3 Å². The van der Waals surface area contributed by atoms with Gasteiger partial charge in [-0.05, 0) is 36.5 Å². The molecule has 1 fully saturated rings. The summed E-state index contributed by atoms with van der Waals surface area (Å²) < 4.78 is 46.4. The van der Waals surface area contributed by atoms with Gasteiger partial charge < -0.3 is 9.47 Å². The van der Waals surface area contributed by atoms with Gasteiger partial charge in [-0.25, -0.2) is 0 Å². The Bertz CT molecular complexity index is 450. The van der Waals surface area contributed by atoms with Crippen LogP contribution in [0.1, 0.15) is 24.8 Å². The van der Waals surface area contributed by atoms with Crippen molar-refractivity contribution in [2.75, 3.05) is 6.61 Å². The van der Waals surface area contributed by atoms with Crippen molar-refractivity contribution in [3.05, 3.63) is 30.3 Å². The highest BCUT2D eigenvalue weighted by Crippen LogP contribution is 2.35. The van der Waals surface area contributed by atoms with Gasteiger partial charge in [0.1, 0.15) is 0 Å². The molecule has 0 aliphatic heterocycles. The molecular weight excluding hydrogens is 257 g/mol. The molecule has 0 unspecified atom stereocenters. The van der Waals surface area contributed by atoms with Gasteiger partial charge >= 0.3 is 6.36 Å². The standard InChI is InChI=1S/C14H15F3O2/c1-2-10-6-7-12(18-9-11-4-3-5-11)13(8-10)19-14(15,16)17/h2,6-8,11H,1,3-5,9H2. The van der Waals surface area contributed by atoms with Crippen molar-refractivity contribution in [1.82, 2.24) is 0 Å². The summed E-state index contributed by atoms with van der Waals surface area (Å²) in [5, 5.41) is 0. The van der Waals surface area contributed by atoms with E-state index in [1.54, 1.807) is 6.07 Å². The van der Waals surface area contributed by atoms with Crippen LogP contribution in [-0.2, 0) is 0 Å². The van der Waals surface area contributed by atoms with Crippen LogP contribution in [0.25, 0.3) is 6.08 Å². The summed E-state index contributed by atoms with van der Waals surface area (Å²) in [6, 6.07) is 4.40. The lowest BCUT2D eigenvalue weighted by Gasteiger charge is -2.25. The van der Waals surface area contributed by atoms with Crippen molar-refractivity contribution in [3.63, 3.8) is 0 Å². The van der Waals surface area contributed by atoms with Crippen molar-refractivity contribution < 1.29 is 22.6 Å². The van der Waals surface area contributed by atoms with E-state index in [2.05, 4.69) is 11.3 Å². The highest BCUT2D eigenvalue weighted by Gasteiger charge is 2.32. The fourth-order valence-electron chi connectivity index (χ4n) is 1.84. The zero-order valence-corrected chi connectivity index (χ0v) is 10.4. The first-order valence-electron chi connectivity index (χ1n) is 6.13. The van der Waals surface area contributed by atoms with Crippen LogP contribution in [0, 0.1) is 5.92 Å². The van der Waals surface area contributed by atoms with Gasteiger partial charge in [-0.2, -0.15) is 0 Å². The summed E-state index contributed by atoms with van der Waals surface area (Å²) in [5.74, 6) is 0.247. The van der Waals surface area contributed by atoms with Gasteiger partial charge in [0.05, 0.1) is 6.61 Å². The molecule has 0 atom stereocenters. The zero-order valence-electron chi connectivity index (χ0n) is 10.4. The van der Waals surface area contributed by atoms with Gasteiger partial charge in [0, 0.05) is 0 Å². The average Bonchev–Trinajstić information content (AvgIpc) is 2.26. The van der Waals surface area contributed by atoms with Crippen LogP contribution in [0.15, 0.2) is 24.8 Å². The van der Waals surface area contributed by atoms with Crippen molar-refractivity contribution in [3.8, 4) is 11.5 Å². The quantitative estimate of drug-likeness (QED) is 0.790. The molecule has 1 saturated carbocycles. The third-order valence-corrected chi connectivity index (χ3v) is 3.13. The normalized spacial score (nSPS) is 15.7. The van der Waals surface area contributed by atoms with Gasteiger partial charge in [0.15, 0.2) is 11.5 Å². The summed E-state index contributed by atoms with van der Waals surface area (Å²) >= 11 is 0. The van der Waals surface area contributed by atoms with Crippen LogP contribution in [0.5, 0.6) is 11.5 Å². The van der Waals surface area contributed by atoms with Crippen molar-refractivity contribution in [2.45, 2.75) is 25.6 Å². The first-order valence-corrected chi connectivity index (χ1v) is 6.13. The predicted octanol–water partition coefficient (Wildman–Crippen LogP) is 4.41. The number of benzene rings is 1. The SMILES string of the molecule is C=Cc1ccc(OCC2CCC2)c(OC(F)(F)F)c1. The second kappa shape index (κ2) is 5.55. The molecule has 19 heavy (non-hydrogen) atoms. The fourth-order valence-corrected chi connectivity index (χ4v) is 1.84. The lowest BCUT2D eigenvalue weighted by Crippen LogP contribution is -2.21. The first-order chi connectivity index (χ1) is 8.98. The number of alkyl halides is 3. The van der Waals surface area contributed by atoms with Gasteiger partial charge in [-0.3, -0.25) is 0 Å². The fraction of sp³-hybridized carbons (Fsp3) is 0.429. The summed E-state index contributed by atoms with van der Waals surface area (Å²) in [6.45, 7) is 3.95. The van der Waals surface area contributed by atoms with E-state index in [1.807, 2.05) is 0 Å². The maximum absolute atomic E-state index is 12.3. The van der Waals surface area contributed by atoms with E-state index in [4.69, 9.17) is 4.74 Å². The molecule has 0 aromatic heterocycles. The Morgan fingerprint density at radius 2 is 2.00 bits per heavy atom. The summed E-state index contributed by atoms with van der Waals surface area (Å²) in [6.07, 6.45) is 0.0308. The number of rotatable bonds is 5.